The number of amides is 2. The third-order valence-electron chi connectivity index (χ3n) is 5.58. The molecule has 0 bridgehead atoms. The third-order valence-corrected chi connectivity index (χ3v) is 5.58. The van der Waals surface area contributed by atoms with E-state index in [-0.39, 0.29) is 36.2 Å². The highest BCUT2D eigenvalue weighted by Gasteiger charge is 2.51. The first-order valence-corrected chi connectivity index (χ1v) is 8.57. The van der Waals surface area contributed by atoms with Crippen molar-refractivity contribution in [1.29, 1.82) is 0 Å². The second-order valence-corrected chi connectivity index (χ2v) is 7.29. The Bertz CT molecular complexity index is 480. The van der Waals surface area contributed by atoms with Gasteiger partial charge in [-0.15, -0.1) is 0 Å². The summed E-state index contributed by atoms with van der Waals surface area (Å²) in [5.41, 5.74) is 0.0682. The maximum atomic E-state index is 12.3. The van der Waals surface area contributed by atoms with Crippen molar-refractivity contribution in [3.8, 4) is 0 Å². The van der Waals surface area contributed by atoms with Gasteiger partial charge in [0, 0.05) is 32.7 Å². The van der Waals surface area contributed by atoms with Crippen LogP contribution >= 0.6 is 0 Å². The van der Waals surface area contributed by atoms with E-state index < -0.39 is 12.2 Å². The number of piperidine rings is 1. The molecule has 2 aliphatic heterocycles. The van der Waals surface area contributed by atoms with Crippen LogP contribution in [-0.2, 0) is 9.59 Å². The standard InChI is InChI=1S/C16H27N3O4/c1-11-15(23)19(7-5-17-11)9-12(20)8-14(22)18-6-4-16(2-3-16)13(21)10-18/h11-13,17,20-21H,2-10H2,1H3/t11-,12+,13+/m0/s1. The smallest absolute Gasteiger partial charge is 0.239 e. The quantitative estimate of drug-likeness (QED) is 0.612. The van der Waals surface area contributed by atoms with Crippen molar-refractivity contribution in [2.75, 3.05) is 32.7 Å². The summed E-state index contributed by atoms with van der Waals surface area (Å²) in [5.74, 6) is -0.172. The second kappa shape index (κ2) is 6.37. The normalized spacial score (nSPS) is 31.3. The lowest BCUT2D eigenvalue weighted by atomic mass is 9.90. The highest BCUT2D eigenvalue weighted by atomic mass is 16.3. The van der Waals surface area contributed by atoms with Gasteiger partial charge in [0.25, 0.3) is 0 Å². The Labute approximate surface area is 136 Å². The van der Waals surface area contributed by atoms with Crippen LogP contribution < -0.4 is 5.32 Å². The van der Waals surface area contributed by atoms with E-state index >= 15 is 0 Å². The number of nitrogens with zero attached hydrogens (tertiary/aromatic N) is 2. The lowest BCUT2D eigenvalue weighted by molar-refractivity contribution is -0.141. The molecule has 2 heterocycles. The van der Waals surface area contributed by atoms with Crippen molar-refractivity contribution >= 4 is 11.8 Å². The van der Waals surface area contributed by atoms with Crippen molar-refractivity contribution in [1.82, 2.24) is 15.1 Å². The molecule has 3 atom stereocenters. The van der Waals surface area contributed by atoms with Gasteiger partial charge >= 0.3 is 0 Å². The number of aliphatic hydroxyl groups is 2. The minimum Gasteiger partial charge on any atom is -0.391 e. The molecule has 7 heteroatoms. The number of carbonyl (C=O) groups is 2. The molecule has 7 nitrogen and oxygen atoms in total. The molecule has 0 radical (unpaired) electrons. The zero-order valence-corrected chi connectivity index (χ0v) is 13.7. The minimum atomic E-state index is -0.856. The van der Waals surface area contributed by atoms with E-state index in [2.05, 4.69) is 5.32 Å². The summed E-state index contributed by atoms with van der Waals surface area (Å²) in [4.78, 5) is 27.6. The van der Waals surface area contributed by atoms with Crippen LogP contribution in [0.2, 0.25) is 0 Å². The van der Waals surface area contributed by atoms with Crippen LogP contribution in [0, 0.1) is 5.41 Å². The predicted octanol–water partition coefficient (Wildman–Crippen LogP) is -1.07. The van der Waals surface area contributed by atoms with Crippen molar-refractivity contribution < 1.29 is 19.8 Å². The van der Waals surface area contributed by atoms with Gasteiger partial charge in [-0.05, 0) is 31.6 Å². The lowest BCUT2D eigenvalue weighted by Gasteiger charge is -2.37. The third kappa shape index (κ3) is 3.51. The lowest BCUT2D eigenvalue weighted by Crippen LogP contribution is -2.55. The number of likely N-dealkylation sites (tertiary alicyclic amines) is 1. The second-order valence-electron chi connectivity index (χ2n) is 7.29. The molecule has 3 rings (SSSR count). The molecule has 3 aliphatic rings. The number of nitrogens with one attached hydrogen (secondary N) is 1. The fourth-order valence-electron chi connectivity index (χ4n) is 3.71. The van der Waals surface area contributed by atoms with Crippen LogP contribution in [0.15, 0.2) is 0 Å². The van der Waals surface area contributed by atoms with E-state index in [0.29, 0.717) is 26.2 Å². The van der Waals surface area contributed by atoms with E-state index in [1.165, 1.54) is 0 Å². The van der Waals surface area contributed by atoms with E-state index in [1.807, 2.05) is 0 Å². The van der Waals surface area contributed by atoms with Gasteiger partial charge in [-0.3, -0.25) is 9.59 Å². The zero-order chi connectivity index (χ0) is 16.6. The average molecular weight is 325 g/mol. The molecule has 3 N–H and O–H groups in total. The van der Waals surface area contributed by atoms with Crippen LogP contribution in [0.25, 0.3) is 0 Å². The molecule has 1 saturated carbocycles. The number of piperazine rings is 1. The average Bonchev–Trinajstić information content (AvgIpc) is 3.28. The Hall–Kier alpha value is -1.18. The zero-order valence-electron chi connectivity index (χ0n) is 13.7. The predicted molar refractivity (Wildman–Crippen MR) is 83.5 cm³/mol. The molecule has 0 aromatic rings. The molecule has 1 aliphatic carbocycles. The Morgan fingerprint density at radius 2 is 2.13 bits per heavy atom. The Morgan fingerprint density at radius 3 is 2.78 bits per heavy atom. The molecule has 2 amide bonds. The number of aliphatic hydroxyl groups excluding tert-OH is 2. The van der Waals surface area contributed by atoms with Gasteiger partial charge in [0.1, 0.15) is 0 Å². The molecule has 130 valence electrons. The summed E-state index contributed by atoms with van der Waals surface area (Å²) in [6.45, 7) is 4.28. The van der Waals surface area contributed by atoms with Gasteiger partial charge in [0.15, 0.2) is 0 Å². The molecule has 23 heavy (non-hydrogen) atoms. The molecule has 0 aromatic heterocycles. The summed E-state index contributed by atoms with van der Waals surface area (Å²) < 4.78 is 0. The number of hydrogen-bond donors (Lipinski definition) is 3. The number of carbonyl (C=O) groups excluding carboxylic acids is 2. The molecule has 0 unspecified atom stereocenters. The van der Waals surface area contributed by atoms with Crippen LogP contribution in [0.3, 0.4) is 0 Å². The Morgan fingerprint density at radius 1 is 1.39 bits per heavy atom. The number of rotatable bonds is 4. The first-order chi connectivity index (χ1) is 10.9. The van der Waals surface area contributed by atoms with Crippen LogP contribution in [0.1, 0.15) is 32.6 Å². The minimum absolute atomic E-state index is 0.00527. The molecule has 1 spiro atoms. The van der Waals surface area contributed by atoms with Crippen molar-refractivity contribution in [3.63, 3.8) is 0 Å². The van der Waals surface area contributed by atoms with Gasteiger partial charge in [-0.25, -0.2) is 0 Å². The van der Waals surface area contributed by atoms with Gasteiger partial charge in [-0.1, -0.05) is 0 Å². The highest BCUT2D eigenvalue weighted by molar-refractivity contribution is 5.82. The maximum absolute atomic E-state index is 12.3. The first-order valence-electron chi connectivity index (χ1n) is 8.57. The van der Waals surface area contributed by atoms with E-state index in [0.717, 1.165) is 19.3 Å². The topological polar surface area (TPSA) is 93.1 Å². The van der Waals surface area contributed by atoms with Crippen LogP contribution in [0.5, 0.6) is 0 Å². The van der Waals surface area contributed by atoms with Gasteiger partial charge in [-0.2, -0.15) is 0 Å². The first kappa shape index (κ1) is 16.7. The number of hydrogen-bond acceptors (Lipinski definition) is 5. The monoisotopic (exact) mass is 325 g/mol. The van der Waals surface area contributed by atoms with Gasteiger partial charge in [0.05, 0.1) is 24.7 Å². The summed E-state index contributed by atoms with van der Waals surface area (Å²) in [7, 11) is 0. The van der Waals surface area contributed by atoms with Crippen molar-refractivity contribution in [3.05, 3.63) is 0 Å². The van der Waals surface area contributed by atoms with Crippen molar-refractivity contribution in [2.24, 2.45) is 5.41 Å². The summed E-state index contributed by atoms with van der Waals surface area (Å²) in [5, 5.41) is 23.4. The molecular weight excluding hydrogens is 298 g/mol. The fraction of sp³-hybridized carbons (Fsp3) is 0.875. The summed E-state index contributed by atoms with van der Waals surface area (Å²) >= 11 is 0. The van der Waals surface area contributed by atoms with Crippen LogP contribution in [0.4, 0.5) is 0 Å². The molecule has 2 saturated heterocycles. The number of β-amino-alcohol motifs (C(OH)–C–C–N with tert-alkyl or cyclic N) is 2. The van der Waals surface area contributed by atoms with Gasteiger partial charge < -0.3 is 25.3 Å². The van der Waals surface area contributed by atoms with E-state index in [9.17, 15) is 19.8 Å². The summed E-state index contributed by atoms with van der Waals surface area (Å²) in [6.07, 6.45) is 1.68. The fourth-order valence-corrected chi connectivity index (χ4v) is 3.71. The van der Waals surface area contributed by atoms with E-state index in [1.54, 1.807) is 16.7 Å². The van der Waals surface area contributed by atoms with Crippen LogP contribution in [-0.4, -0.2) is 82.8 Å². The SMILES string of the molecule is C[C@@H]1NCCN(C[C@H](O)CC(=O)N2CCC3(CC3)[C@H](O)C2)C1=O. The summed E-state index contributed by atoms with van der Waals surface area (Å²) in [6, 6.07) is -0.237. The maximum Gasteiger partial charge on any atom is 0.239 e. The van der Waals surface area contributed by atoms with Gasteiger partial charge in [0.2, 0.25) is 11.8 Å². The molecule has 0 aromatic carbocycles. The Kier molecular flexibility index (Phi) is 4.62. The highest BCUT2D eigenvalue weighted by Crippen LogP contribution is 2.53. The molecular formula is C16H27N3O4. The Balaban J connectivity index is 1.46. The molecule has 3 fully saturated rings. The van der Waals surface area contributed by atoms with Crippen molar-refractivity contribution in [2.45, 2.75) is 50.9 Å². The largest absolute Gasteiger partial charge is 0.391 e. The van der Waals surface area contributed by atoms with E-state index in [4.69, 9.17) is 0 Å².